The predicted octanol–water partition coefficient (Wildman–Crippen LogP) is 18.6. The molecule has 0 saturated carbocycles. The summed E-state index contributed by atoms with van der Waals surface area (Å²) in [5.41, 5.74) is 0. The highest BCUT2D eigenvalue weighted by Crippen LogP contribution is 2.16. The van der Waals surface area contributed by atoms with E-state index in [2.05, 4.69) is 32.9 Å². The monoisotopic (exact) mass is 921 g/mol. The molecular formula is C60H104O6. The highest BCUT2D eigenvalue weighted by Gasteiger charge is 2.19. The molecule has 0 heterocycles. The van der Waals surface area contributed by atoms with Gasteiger partial charge in [0, 0.05) is 19.3 Å². The zero-order valence-corrected chi connectivity index (χ0v) is 43.4. The van der Waals surface area contributed by atoms with Crippen LogP contribution in [0.2, 0.25) is 0 Å². The summed E-state index contributed by atoms with van der Waals surface area (Å²) in [7, 11) is 0. The molecule has 0 aromatic heterocycles. The summed E-state index contributed by atoms with van der Waals surface area (Å²) in [4.78, 5) is 38.1. The van der Waals surface area contributed by atoms with E-state index in [4.69, 9.17) is 14.2 Å². The topological polar surface area (TPSA) is 78.9 Å². The molecule has 0 amide bonds. The molecule has 6 heteroatoms. The van der Waals surface area contributed by atoms with Gasteiger partial charge in [-0.1, -0.05) is 286 Å². The SMILES string of the molecule is CC\C=C/C=C\C=C/C=C\C=C\C=C/CCCCCC(=O)OCC(COC(=O)CCCCCCCCCCCCCCCC)OC(=O)CCCCCCCCCCCCCCCCCCC. The molecule has 0 aromatic rings. The quantitative estimate of drug-likeness (QED) is 0.0262. The fourth-order valence-corrected chi connectivity index (χ4v) is 7.95. The molecule has 1 unspecified atom stereocenters. The molecule has 0 spiro atoms. The van der Waals surface area contributed by atoms with Crippen molar-refractivity contribution in [1.82, 2.24) is 0 Å². The zero-order chi connectivity index (χ0) is 47.9. The van der Waals surface area contributed by atoms with Crippen LogP contribution in [0.15, 0.2) is 72.9 Å². The summed E-state index contributed by atoms with van der Waals surface area (Å²) in [5.74, 6) is -0.920. The Morgan fingerprint density at radius 2 is 0.591 bits per heavy atom. The molecular weight excluding hydrogens is 817 g/mol. The van der Waals surface area contributed by atoms with Crippen LogP contribution in [0, 0.1) is 0 Å². The van der Waals surface area contributed by atoms with Gasteiger partial charge in [0.05, 0.1) is 0 Å². The Morgan fingerprint density at radius 1 is 0.318 bits per heavy atom. The first-order valence-corrected chi connectivity index (χ1v) is 28.0. The first-order chi connectivity index (χ1) is 32.5. The molecule has 0 aliphatic heterocycles. The molecule has 0 N–H and O–H groups in total. The predicted molar refractivity (Wildman–Crippen MR) is 284 cm³/mol. The van der Waals surface area contributed by atoms with Crippen LogP contribution in [0.4, 0.5) is 0 Å². The number of esters is 3. The van der Waals surface area contributed by atoms with Crippen LogP contribution in [0.1, 0.15) is 271 Å². The lowest BCUT2D eigenvalue weighted by Gasteiger charge is -2.18. The Labute approximate surface area is 408 Å². The minimum Gasteiger partial charge on any atom is -0.462 e. The summed E-state index contributed by atoms with van der Waals surface area (Å²) < 4.78 is 16.8. The Hall–Kier alpha value is -3.15. The van der Waals surface area contributed by atoms with Crippen molar-refractivity contribution in [2.45, 2.75) is 277 Å². The van der Waals surface area contributed by atoms with Crippen molar-refractivity contribution in [3.8, 4) is 0 Å². The normalized spacial score (nSPS) is 12.6. The van der Waals surface area contributed by atoms with Gasteiger partial charge < -0.3 is 14.2 Å². The fraction of sp³-hybridized carbons (Fsp3) is 0.750. The first kappa shape index (κ1) is 62.8. The van der Waals surface area contributed by atoms with Gasteiger partial charge in [-0.15, -0.1) is 0 Å². The van der Waals surface area contributed by atoms with E-state index in [1.165, 1.54) is 161 Å². The highest BCUT2D eigenvalue weighted by molar-refractivity contribution is 5.71. The maximum atomic E-state index is 12.8. The third-order valence-corrected chi connectivity index (χ3v) is 12.1. The van der Waals surface area contributed by atoms with Gasteiger partial charge in [-0.3, -0.25) is 14.4 Å². The molecule has 0 radical (unpaired) electrons. The van der Waals surface area contributed by atoms with Gasteiger partial charge in [0.25, 0.3) is 0 Å². The minimum atomic E-state index is -0.790. The maximum absolute atomic E-state index is 12.8. The number of carbonyl (C=O) groups excluding carboxylic acids is 3. The maximum Gasteiger partial charge on any atom is 0.306 e. The first-order valence-electron chi connectivity index (χ1n) is 28.0. The lowest BCUT2D eigenvalue weighted by atomic mass is 10.0. The summed E-state index contributed by atoms with van der Waals surface area (Å²) >= 11 is 0. The Morgan fingerprint density at radius 3 is 0.924 bits per heavy atom. The van der Waals surface area contributed by atoms with Crippen molar-refractivity contribution in [3.63, 3.8) is 0 Å². The minimum absolute atomic E-state index is 0.0862. The standard InChI is InChI=1S/C60H104O6/c1-4-7-10-13-16-19-22-25-28-30-32-35-38-41-44-47-50-53-59(62)65-56-57(55-64-58(61)52-49-46-43-40-37-34-27-24-21-18-15-12-9-6-3)66-60(63)54-51-48-45-42-39-36-33-31-29-26-23-20-17-14-11-8-5-2/h7,10,13,16,19,22,25,28,30,32,35,38,57H,4-6,8-9,11-12,14-15,17-18,20-21,23-24,26-27,29,31,33-34,36-37,39-56H2,1-3H3/b10-7-,16-13-,22-19-,28-25-,32-30+,38-35-. The van der Waals surface area contributed by atoms with E-state index in [-0.39, 0.29) is 31.1 Å². The summed E-state index contributed by atoms with van der Waals surface area (Å²) in [5, 5.41) is 0. The number of allylic oxidation sites excluding steroid dienone is 12. The molecule has 380 valence electrons. The number of unbranched alkanes of at least 4 members (excludes halogenated alkanes) is 32. The summed E-state index contributed by atoms with van der Waals surface area (Å²) in [6.07, 6.45) is 68.8. The van der Waals surface area contributed by atoms with E-state index in [0.29, 0.717) is 19.3 Å². The van der Waals surface area contributed by atoms with E-state index < -0.39 is 6.10 Å². The number of hydrogen-bond donors (Lipinski definition) is 0. The van der Waals surface area contributed by atoms with E-state index in [0.717, 1.165) is 70.6 Å². The third-order valence-electron chi connectivity index (χ3n) is 12.1. The molecule has 0 aliphatic carbocycles. The number of rotatable bonds is 50. The average Bonchev–Trinajstić information content (AvgIpc) is 3.31. The van der Waals surface area contributed by atoms with Crippen LogP contribution in [0.25, 0.3) is 0 Å². The second-order valence-corrected chi connectivity index (χ2v) is 18.6. The number of ether oxygens (including phenoxy) is 3. The van der Waals surface area contributed by atoms with Crippen molar-refractivity contribution in [2.75, 3.05) is 13.2 Å². The van der Waals surface area contributed by atoms with Crippen LogP contribution in [-0.4, -0.2) is 37.2 Å². The molecule has 0 saturated heterocycles. The molecule has 6 nitrogen and oxygen atoms in total. The zero-order valence-electron chi connectivity index (χ0n) is 43.4. The van der Waals surface area contributed by atoms with Gasteiger partial charge in [0.15, 0.2) is 6.10 Å². The van der Waals surface area contributed by atoms with Gasteiger partial charge in [-0.25, -0.2) is 0 Å². The highest BCUT2D eigenvalue weighted by atomic mass is 16.6. The smallest absolute Gasteiger partial charge is 0.306 e. The number of hydrogen-bond acceptors (Lipinski definition) is 6. The summed E-state index contributed by atoms with van der Waals surface area (Å²) in [6.45, 7) is 6.48. The second kappa shape index (κ2) is 54.5. The van der Waals surface area contributed by atoms with Crippen LogP contribution in [0.3, 0.4) is 0 Å². The third kappa shape index (κ3) is 51.8. The molecule has 0 fully saturated rings. The van der Waals surface area contributed by atoms with E-state index >= 15 is 0 Å². The Bertz CT molecular complexity index is 1240. The molecule has 0 aliphatic rings. The molecule has 0 bridgehead atoms. The molecule has 1 atom stereocenters. The lowest BCUT2D eigenvalue weighted by Crippen LogP contribution is -2.30. The Balaban J connectivity index is 4.44. The lowest BCUT2D eigenvalue weighted by molar-refractivity contribution is -0.167. The van der Waals surface area contributed by atoms with Gasteiger partial charge in [0.2, 0.25) is 0 Å². The van der Waals surface area contributed by atoms with Crippen molar-refractivity contribution >= 4 is 17.9 Å². The largest absolute Gasteiger partial charge is 0.462 e. The van der Waals surface area contributed by atoms with E-state index in [9.17, 15) is 14.4 Å². The van der Waals surface area contributed by atoms with Crippen LogP contribution < -0.4 is 0 Å². The molecule has 66 heavy (non-hydrogen) atoms. The van der Waals surface area contributed by atoms with Gasteiger partial charge >= 0.3 is 17.9 Å². The van der Waals surface area contributed by atoms with E-state index in [1.807, 2.05) is 60.8 Å². The molecule has 0 rings (SSSR count). The van der Waals surface area contributed by atoms with E-state index in [1.54, 1.807) is 0 Å². The Kier molecular flexibility index (Phi) is 51.9. The molecule has 0 aromatic carbocycles. The van der Waals surface area contributed by atoms with Crippen LogP contribution >= 0.6 is 0 Å². The average molecular weight is 921 g/mol. The second-order valence-electron chi connectivity index (χ2n) is 18.6. The van der Waals surface area contributed by atoms with Gasteiger partial charge in [0.1, 0.15) is 13.2 Å². The fourth-order valence-electron chi connectivity index (χ4n) is 7.95. The van der Waals surface area contributed by atoms with Crippen molar-refractivity contribution in [2.24, 2.45) is 0 Å². The van der Waals surface area contributed by atoms with Crippen LogP contribution in [0.5, 0.6) is 0 Å². The number of carbonyl (C=O) groups is 3. The van der Waals surface area contributed by atoms with Crippen molar-refractivity contribution < 1.29 is 28.6 Å². The van der Waals surface area contributed by atoms with Crippen LogP contribution in [-0.2, 0) is 28.6 Å². The summed E-state index contributed by atoms with van der Waals surface area (Å²) in [6, 6.07) is 0. The van der Waals surface area contributed by atoms with Crippen molar-refractivity contribution in [1.29, 1.82) is 0 Å². The van der Waals surface area contributed by atoms with Gasteiger partial charge in [-0.2, -0.15) is 0 Å². The van der Waals surface area contributed by atoms with Crippen molar-refractivity contribution in [3.05, 3.63) is 72.9 Å². The van der Waals surface area contributed by atoms with Gasteiger partial charge in [-0.05, 0) is 38.5 Å².